The summed E-state index contributed by atoms with van der Waals surface area (Å²) in [4.78, 5) is 21.4. The molecule has 1 atom stereocenters. The maximum Gasteiger partial charge on any atom is 0.270 e. The Labute approximate surface area is 169 Å². The quantitative estimate of drug-likeness (QED) is 0.669. The molecule has 1 amide bonds. The van der Waals surface area contributed by atoms with E-state index in [1.165, 1.54) is 0 Å². The zero-order valence-corrected chi connectivity index (χ0v) is 16.3. The summed E-state index contributed by atoms with van der Waals surface area (Å²) in [5.41, 5.74) is 3.08. The lowest BCUT2D eigenvalue weighted by Gasteiger charge is -2.15. The molecule has 29 heavy (non-hydrogen) atoms. The Bertz CT molecular complexity index is 1020. The Morgan fingerprint density at radius 2 is 1.86 bits per heavy atom. The molecule has 0 bridgehead atoms. The van der Waals surface area contributed by atoms with Crippen molar-refractivity contribution >= 4 is 11.9 Å². The summed E-state index contributed by atoms with van der Waals surface area (Å²) in [6.07, 6.45) is 0. The molecule has 0 aliphatic carbocycles. The summed E-state index contributed by atoms with van der Waals surface area (Å²) in [5.74, 6) is 1.57. The molecular formula is C22H22N4O3. The average molecular weight is 390 g/mol. The van der Waals surface area contributed by atoms with Gasteiger partial charge in [-0.25, -0.2) is 9.97 Å². The van der Waals surface area contributed by atoms with Crippen LogP contribution in [0.3, 0.4) is 0 Å². The number of rotatable bonds is 6. The predicted molar refractivity (Wildman–Crippen MR) is 109 cm³/mol. The second-order valence-corrected chi connectivity index (χ2v) is 6.87. The summed E-state index contributed by atoms with van der Waals surface area (Å²) in [5, 5.41) is 6.16. The number of aryl methyl sites for hydroxylation is 1. The second kappa shape index (κ2) is 8.18. The molecule has 0 radical (unpaired) electrons. The van der Waals surface area contributed by atoms with Crippen LogP contribution in [0, 0.1) is 6.92 Å². The normalized spacial score (nSPS) is 13.0. The molecule has 1 aliphatic heterocycles. The van der Waals surface area contributed by atoms with Gasteiger partial charge in [0.15, 0.2) is 11.5 Å². The molecule has 2 heterocycles. The Morgan fingerprint density at radius 1 is 1.07 bits per heavy atom. The molecule has 2 aromatic carbocycles. The van der Waals surface area contributed by atoms with Crippen molar-refractivity contribution in [3.8, 4) is 11.5 Å². The van der Waals surface area contributed by atoms with E-state index in [0.717, 1.165) is 22.6 Å². The number of hydrogen-bond acceptors (Lipinski definition) is 6. The van der Waals surface area contributed by atoms with Crippen LogP contribution in [-0.4, -0.2) is 22.7 Å². The van der Waals surface area contributed by atoms with Gasteiger partial charge in [-0.15, -0.1) is 0 Å². The number of carbonyl (C=O) groups excluding carboxylic acids is 1. The largest absolute Gasteiger partial charge is 0.454 e. The fourth-order valence-corrected chi connectivity index (χ4v) is 3.09. The minimum atomic E-state index is -0.261. The fourth-order valence-electron chi connectivity index (χ4n) is 3.09. The molecule has 0 fully saturated rings. The first-order valence-electron chi connectivity index (χ1n) is 9.42. The standard InChI is InChI=1S/C22H22N4O3/c1-14-10-18(26-22(24-14)25-15(2)17-6-4-3-5-7-17)21(27)23-12-16-8-9-19-20(11-16)29-13-28-19/h3-11,15H,12-13H2,1-2H3,(H,23,27)(H,24,25,26). The predicted octanol–water partition coefficient (Wildman–Crippen LogP) is 3.62. The highest BCUT2D eigenvalue weighted by atomic mass is 16.7. The van der Waals surface area contributed by atoms with Gasteiger partial charge in [-0.1, -0.05) is 36.4 Å². The van der Waals surface area contributed by atoms with Gasteiger partial charge >= 0.3 is 0 Å². The molecule has 7 nitrogen and oxygen atoms in total. The Kier molecular flexibility index (Phi) is 5.29. The van der Waals surface area contributed by atoms with Crippen molar-refractivity contribution in [2.75, 3.05) is 12.1 Å². The number of aromatic nitrogens is 2. The van der Waals surface area contributed by atoms with E-state index in [9.17, 15) is 4.79 Å². The zero-order chi connectivity index (χ0) is 20.2. The van der Waals surface area contributed by atoms with Gasteiger partial charge in [0, 0.05) is 12.2 Å². The third kappa shape index (κ3) is 4.45. The summed E-state index contributed by atoms with van der Waals surface area (Å²) >= 11 is 0. The Hall–Kier alpha value is -3.61. The van der Waals surface area contributed by atoms with Gasteiger partial charge in [0.2, 0.25) is 12.7 Å². The monoisotopic (exact) mass is 390 g/mol. The summed E-state index contributed by atoms with van der Waals surface area (Å²) < 4.78 is 10.7. The van der Waals surface area contributed by atoms with Crippen LogP contribution in [0.5, 0.6) is 11.5 Å². The van der Waals surface area contributed by atoms with Gasteiger partial charge in [0.05, 0.1) is 6.04 Å². The number of nitrogens with zero attached hydrogens (tertiary/aromatic N) is 2. The van der Waals surface area contributed by atoms with Crippen molar-refractivity contribution in [3.05, 3.63) is 77.1 Å². The second-order valence-electron chi connectivity index (χ2n) is 6.87. The molecule has 1 aromatic heterocycles. The minimum Gasteiger partial charge on any atom is -0.454 e. The first-order chi connectivity index (χ1) is 14.1. The molecule has 1 aliphatic rings. The lowest BCUT2D eigenvalue weighted by molar-refractivity contribution is 0.0945. The van der Waals surface area contributed by atoms with Crippen molar-refractivity contribution in [3.63, 3.8) is 0 Å². The zero-order valence-electron chi connectivity index (χ0n) is 16.3. The maximum atomic E-state index is 12.6. The van der Waals surface area contributed by atoms with Gasteiger partial charge < -0.3 is 20.1 Å². The molecule has 0 saturated carbocycles. The number of fused-ring (bicyclic) bond motifs is 1. The number of ether oxygens (including phenoxy) is 2. The van der Waals surface area contributed by atoms with Crippen molar-refractivity contribution < 1.29 is 14.3 Å². The number of anilines is 1. The van der Waals surface area contributed by atoms with Gasteiger partial charge in [-0.05, 0) is 43.2 Å². The topological polar surface area (TPSA) is 85.4 Å². The van der Waals surface area contributed by atoms with Crippen LogP contribution in [0.2, 0.25) is 0 Å². The smallest absolute Gasteiger partial charge is 0.270 e. The number of benzene rings is 2. The number of amides is 1. The van der Waals surface area contributed by atoms with Crippen LogP contribution in [0.4, 0.5) is 5.95 Å². The lowest BCUT2D eigenvalue weighted by atomic mass is 10.1. The van der Waals surface area contributed by atoms with Crippen LogP contribution in [-0.2, 0) is 6.54 Å². The van der Waals surface area contributed by atoms with E-state index in [1.807, 2.05) is 62.4 Å². The summed E-state index contributed by atoms with van der Waals surface area (Å²) in [6.45, 7) is 4.46. The highest BCUT2D eigenvalue weighted by Gasteiger charge is 2.15. The van der Waals surface area contributed by atoms with Crippen LogP contribution < -0.4 is 20.1 Å². The van der Waals surface area contributed by atoms with E-state index in [4.69, 9.17) is 9.47 Å². The summed E-state index contributed by atoms with van der Waals surface area (Å²) in [7, 11) is 0. The minimum absolute atomic E-state index is 0.0162. The van der Waals surface area contributed by atoms with Crippen molar-refractivity contribution in [1.82, 2.24) is 15.3 Å². The molecule has 0 spiro atoms. The molecule has 2 N–H and O–H groups in total. The molecule has 7 heteroatoms. The molecule has 1 unspecified atom stereocenters. The Morgan fingerprint density at radius 3 is 2.69 bits per heavy atom. The van der Waals surface area contributed by atoms with Gasteiger partial charge in [-0.2, -0.15) is 0 Å². The maximum absolute atomic E-state index is 12.6. The van der Waals surface area contributed by atoms with E-state index < -0.39 is 0 Å². The van der Waals surface area contributed by atoms with Crippen LogP contribution in [0.15, 0.2) is 54.6 Å². The number of carbonyl (C=O) groups is 1. The van der Waals surface area contributed by atoms with Crippen LogP contribution in [0.1, 0.15) is 40.3 Å². The molecule has 148 valence electrons. The highest BCUT2D eigenvalue weighted by Crippen LogP contribution is 2.32. The Balaban J connectivity index is 1.43. The molecular weight excluding hydrogens is 368 g/mol. The van der Waals surface area contributed by atoms with E-state index in [1.54, 1.807) is 6.07 Å². The van der Waals surface area contributed by atoms with Gasteiger partial charge in [0.25, 0.3) is 5.91 Å². The van der Waals surface area contributed by atoms with E-state index in [-0.39, 0.29) is 18.7 Å². The first-order valence-corrected chi connectivity index (χ1v) is 9.42. The van der Waals surface area contributed by atoms with Crippen molar-refractivity contribution in [1.29, 1.82) is 0 Å². The number of nitrogens with one attached hydrogen (secondary N) is 2. The van der Waals surface area contributed by atoms with E-state index in [0.29, 0.717) is 23.9 Å². The van der Waals surface area contributed by atoms with Gasteiger partial charge in [-0.3, -0.25) is 4.79 Å². The first kappa shape index (κ1) is 18.7. The third-order valence-corrected chi connectivity index (χ3v) is 4.62. The van der Waals surface area contributed by atoms with E-state index in [2.05, 4.69) is 20.6 Å². The van der Waals surface area contributed by atoms with Crippen molar-refractivity contribution in [2.45, 2.75) is 26.4 Å². The SMILES string of the molecule is Cc1cc(C(=O)NCc2ccc3c(c2)OCO3)nc(NC(C)c2ccccc2)n1. The van der Waals surface area contributed by atoms with Crippen LogP contribution in [0.25, 0.3) is 0 Å². The number of hydrogen-bond donors (Lipinski definition) is 2. The van der Waals surface area contributed by atoms with Crippen molar-refractivity contribution in [2.24, 2.45) is 0 Å². The molecule has 3 aromatic rings. The average Bonchev–Trinajstić information content (AvgIpc) is 3.20. The van der Waals surface area contributed by atoms with E-state index >= 15 is 0 Å². The highest BCUT2D eigenvalue weighted by molar-refractivity contribution is 5.92. The fraction of sp³-hybridized carbons (Fsp3) is 0.227. The van der Waals surface area contributed by atoms with Crippen LogP contribution >= 0.6 is 0 Å². The lowest BCUT2D eigenvalue weighted by Crippen LogP contribution is -2.24. The molecule has 0 saturated heterocycles. The summed E-state index contributed by atoms with van der Waals surface area (Å²) in [6, 6.07) is 17.3. The van der Waals surface area contributed by atoms with Gasteiger partial charge in [0.1, 0.15) is 5.69 Å². The molecule has 4 rings (SSSR count). The third-order valence-electron chi connectivity index (χ3n) is 4.62.